The zero-order chi connectivity index (χ0) is 22.8. The molecule has 1 aromatic carbocycles. The molecule has 174 valence electrons. The zero-order valence-corrected chi connectivity index (χ0v) is 19.3. The maximum atomic E-state index is 13.5. The summed E-state index contributed by atoms with van der Waals surface area (Å²) >= 11 is 6.67. The third kappa shape index (κ3) is 3.27. The molecule has 1 saturated heterocycles. The van der Waals surface area contributed by atoms with Crippen molar-refractivity contribution in [2.75, 3.05) is 36.0 Å². The minimum Gasteiger partial charge on any atom is -0.550 e. The summed E-state index contributed by atoms with van der Waals surface area (Å²) in [5.74, 6) is -0.349. The number of carboxylic acids is 1. The van der Waals surface area contributed by atoms with Crippen LogP contribution in [-0.2, 0) is 10.3 Å². The number of nitrogens with zero attached hydrogens (tertiary/aromatic N) is 4. The van der Waals surface area contributed by atoms with Crippen molar-refractivity contribution < 1.29 is 9.90 Å². The molecule has 5 fully saturated rings. The molecule has 2 heterocycles. The number of anilines is 2. The predicted octanol–water partition coefficient (Wildman–Crippen LogP) is 2.27. The van der Waals surface area contributed by atoms with Crippen LogP contribution < -0.4 is 20.5 Å². The fraction of sp³-hybridized carbons (Fsp3) is 0.560. The molecular formula is C25H28ClN4O3-. The van der Waals surface area contributed by atoms with Crippen LogP contribution >= 0.6 is 11.6 Å². The smallest absolute Gasteiger partial charge is 0.288 e. The number of hydrogen-bond donors (Lipinski definition) is 0. The lowest BCUT2D eigenvalue weighted by Crippen LogP contribution is -2.63. The van der Waals surface area contributed by atoms with Gasteiger partial charge in [0.15, 0.2) is 0 Å². The Balaban J connectivity index is 1.27. The van der Waals surface area contributed by atoms with E-state index in [0.29, 0.717) is 36.8 Å². The van der Waals surface area contributed by atoms with Gasteiger partial charge in [-0.3, -0.25) is 4.79 Å². The average molecular weight is 468 g/mol. The Morgan fingerprint density at radius 1 is 1.00 bits per heavy atom. The lowest BCUT2D eigenvalue weighted by Gasteiger charge is -2.62. The van der Waals surface area contributed by atoms with Gasteiger partial charge in [0.05, 0.1) is 17.4 Å². The second-order valence-corrected chi connectivity index (χ2v) is 11.0. The van der Waals surface area contributed by atoms with E-state index < -0.39 is 16.9 Å². The van der Waals surface area contributed by atoms with Crippen LogP contribution in [0.15, 0.2) is 41.3 Å². The summed E-state index contributed by atoms with van der Waals surface area (Å²) in [6.07, 6.45) is 6.12. The second-order valence-electron chi connectivity index (χ2n) is 10.6. The first-order chi connectivity index (χ1) is 15.9. The number of para-hydroxylation sites is 1. The third-order valence-electron chi connectivity index (χ3n) is 8.55. The van der Waals surface area contributed by atoms with Crippen molar-refractivity contribution in [1.82, 2.24) is 9.78 Å². The van der Waals surface area contributed by atoms with Crippen LogP contribution in [0.3, 0.4) is 0 Å². The summed E-state index contributed by atoms with van der Waals surface area (Å²) < 4.78 is 1.54. The van der Waals surface area contributed by atoms with Gasteiger partial charge in [-0.2, -0.15) is 5.10 Å². The van der Waals surface area contributed by atoms with Crippen LogP contribution in [0, 0.1) is 17.3 Å². The van der Waals surface area contributed by atoms with Crippen LogP contribution in [0.1, 0.15) is 38.5 Å². The van der Waals surface area contributed by atoms with Gasteiger partial charge < -0.3 is 19.7 Å². The first-order valence-corrected chi connectivity index (χ1v) is 12.3. The number of hydrogen-bond acceptors (Lipinski definition) is 6. The van der Waals surface area contributed by atoms with E-state index in [4.69, 9.17) is 11.6 Å². The molecule has 4 atom stereocenters. The van der Waals surface area contributed by atoms with Crippen molar-refractivity contribution in [1.29, 1.82) is 0 Å². The summed E-state index contributed by atoms with van der Waals surface area (Å²) in [5.41, 5.74) is 0.181. The standard InChI is InChI=1S/C25H29ClN4O3/c26-21-20(29-8-6-28(7-9-29)19-4-2-1-3-5-19)15-27-30(22(21)31)25-13-17-10-18(14-25)12-24(11-17,16-25)23(32)33/h1-5,15,17-18H,6-14,16H2,(H,32,33)/p-1/t17-,18+,24?,25?. The number of carbonyl (C=O) groups is 1. The molecule has 8 heteroatoms. The van der Waals surface area contributed by atoms with E-state index >= 15 is 0 Å². The van der Waals surface area contributed by atoms with Crippen LogP contribution in [-0.4, -0.2) is 41.9 Å². The quantitative estimate of drug-likeness (QED) is 0.686. The number of carbonyl (C=O) groups excluding carboxylic acids is 1. The fourth-order valence-corrected chi connectivity index (χ4v) is 7.78. The predicted molar refractivity (Wildman–Crippen MR) is 124 cm³/mol. The first kappa shape index (κ1) is 21.0. The number of aromatic nitrogens is 2. The van der Waals surface area contributed by atoms with E-state index in [1.807, 2.05) is 18.2 Å². The van der Waals surface area contributed by atoms with Crippen LogP contribution in [0.25, 0.3) is 0 Å². The SMILES string of the molecule is O=C([O-])C12C[C@H]3C[C@@H](C1)CC(n1ncc(N4CCN(c5ccccc5)CC4)c(Cl)c1=O)(C3)C2. The molecule has 1 aliphatic heterocycles. The van der Waals surface area contributed by atoms with Crippen LogP contribution in [0.5, 0.6) is 0 Å². The van der Waals surface area contributed by atoms with Crippen molar-refractivity contribution in [3.63, 3.8) is 0 Å². The van der Waals surface area contributed by atoms with E-state index in [9.17, 15) is 14.7 Å². The fourth-order valence-electron chi connectivity index (χ4n) is 7.53. The maximum Gasteiger partial charge on any atom is 0.288 e. The molecule has 7 rings (SSSR count). The second kappa shape index (κ2) is 7.49. The van der Waals surface area contributed by atoms with Gasteiger partial charge in [-0.25, -0.2) is 4.68 Å². The Hall–Kier alpha value is -2.54. The van der Waals surface area contributed by atoms with Crippen molar-refractivity contribution in [3.05, 3.63) is 51.9 Å². The number of piperazine rings is 1. The Morgan fingerprint density at radius 3 is 2.27 bits per heavy atom. The highest BCUT2D eigenvalue weighted by atomic mass is 35.5. The van der Waals surface area contributed by atoms with Crippen LogP contribution in [0.2, 0.25) is 5.02 Å². The molecule has 2 aromatic rings. The summed E-state index contributed by atoms with van der Waals surface area (Å²) in [6, 6.07) is 10.3. The molecule has 4 bridgehead atoms. The highest BCUT2D eigenvalue weighted by Crippen LogP contribution is 2.63. The molecule has 4 saturated carbocycles. The van der Waals surface area contributed by atoms with Crippen molar-refractivity contribution >= 4 is 28.9 Å². The molecular weight excluding hydrogens is 440 g/mol. The van der Waals surface area contributed by atoms with E-state index in [0.717, 1.165) is 45.4 Å². The summed E-state index contributed by atoms with van der Waals surface area (Å²) in [5, 5.41) is 16.9. The Kier molecular flexibility index (Phi) is 4.77. The van der Waals surface area contributed by atoms with E-state index in [1.54, 1.807) is 6.20 Å². The average Bonchev–Trinajstić information content (AvgIpc) is 2.80. The van der Waals surface area contributed by atoms with E-state index in [2.05, 4.69) is 27.0 Å². The molecule has 1 aromatic heterocycles. The zero-order valence-electron chi connectivity index (χ0n) is 18.6. The van der Waals surface area contributed by atoms with Crippen molar-refractivity contribution in [2.24, 2.45) is 17.3 Å². The minimum absolute atomic E-state index is 0.191. The lowest BCUT2D eigenvalue weighted by molar-refractivity contribution is -0.329. The largest absolute Gasteiger partial charge is 0.550 e. The van der Waals surface area contributed by atoms with Gasteiger partial charge in [0, 0.05) is 43.3 Å². The van der Waals surface area contributed by atoms with Gasteiger partial charge in [-0.15, -0.1) is 0 Å². The number of rotatable bonds is 4. The Morgan fingerprint density at radius 2 is 1.64 bits per heavy atom. The molecule has 7 nitrogen and oxygen atoms in total. The summed E-state index contributed by atoms with van der Waals surface area (Å²) in [7, 11) is 0. The van der Waals surface area contributed by atoms with Gasteiger partial charge in [0.1, 0.15) is 5.02 Å². The highest BCUT2D eigenvalue weighted by molar-refractivity contribution is 6.33. The van der Waals surface area contributed by atoms with Gasteiger partial charge in [-0.1, -0.05) is 29.8 Å². The van der Waals surface area contributed by atoms with Crippen molar-refractivity contribution in [2.45, 2.75) is 44.1 Å². The molecule has 0 spiro atoms. The van der Waals surface area contributed by atoms with Gasteiger partial charge in [-0.05, 0) is 62.5 Å². The normalized spacial score (nSPS) is 32.9. The maximum absolute atomic E-state index is 13.5. The third-order valence-corrected chi connectivity index (χ3v) is 8.91. The summed E-state index contributed by atoms with van der Waals surface area (Å²) in [6.45, 7) is 3.18. The van der Waals surface area contributed by atoms with E-state index in [1.165, 1.54) is 10.4 Å². The van der Waals surface area contributed by atoms with Gasteiger partial charge >= 0.3 is 0 Å². The number of benzene rings is 1. The Labute approximate surface area is 197 Å². The van der Waals surface area contributed by atoms with Gasteiger partial charge in [0.25, 0.3) is 5.56 Å². The van der Waals surface area contributed by atoms with E-state index in [-0.39, 0.29) is 10.6 Å². The molecule has 4 aliphatic carbocycles. The van der Waals surface area contributed by atoms with Crippen LogP contribution in [0.4, 0.5) is 11.4 Å². The molecule has 5 aliphatic rings. The molecule has 33 heavy (non-hydrogen) atoms. The topological polar surface area (TPSA) is 81.5 Å². The Bertz CT molecular complexity index is 1130. The molecule has 0 N–H and O–H groups in total. The van der Waals surface area contributed by atoms with Gasteiger partial charge in [0.2, 0.25) is 0 Å². The number of aliphatic carboxylic acids is 1. The highest BCUT2D eigenvalue weighted by Gasteiger charge is 2.60. The number of carboxylic acid groups (broad SMARTS) is 1. The molecule has 0 amide bonds. The minimum atomic E-state index is -0.965. The lowest BCUT2D eigenvalue weighted by atomic mass is 9.47. The molecule has 0 radical (unpaired) electrons. The summed E-state index contributed by atoms with van der Waals surface area (Å²) in [4.78, 5) is 30.0. The monoisotopic (exact) mass is 467 g/mol. The first-order valence-electron chi connectivity index (χ1n) is 11.9. The molecule has 2 unspecified atom stereocenters. The van der Waals surface area contributed by atoms with Crippen molar-refractivity contribution in [3.8, 4) is 0 Å². The number of halogens is 1.